The molecule has 0 spiro atoms. The lowest BCUT2D eigenvalue weighted by Crippen LogP contribution is -2.41. The van der Waals surface area contributed by atoms with E-state index in [0.717, 1.165) is 11.3 Å². The smallest absolute Gasteiger partial charge is 0.251 e. The summed E-state index contributed by atoms with van der Waals surface area (Å²) in [6.07, 6.45) is 4.92. The number of aliphatic hydroxyl groups is 1. The number of nitrogens with one attached hydrogen (secondary N) is 1. The highest BCUT2D eigenvalue weighted by Gasteiger charge is 2.16. The number of rotatable bonds is 5. The van der Waals surface area contributed by atoms with Crippen molar-refractivity contribution < 1.29 is 9.90 Å². The molecule has 2 aromatic rings. The fourth-order valence-electron chi connectivity index (χ4n) is 1.92. The van der Waals surface area contributed by atoms with Crippen LogP contribution in [0.3, 0.4) is 0 Å². The minimum absolute atomic E-state index is 0.0684. The molecule has 2 N–H and O–H groups in total. The lowest BCUT2D eigenvalue weighted by atomic mass is 10.0. The quantitative estimate of drug-likeness (QED) is 0.879. The zero-order valence-electron chi connectivity index (χ0n) is 12.2. The molecule has 0 bridgehead atoms. The van der Waals surface area contributed by atoms with Crippen molar-refractivity contribution in [2.75, 3.05) is 6.61 Å². The van der Waals surface area contributed by atoms with Gasteiger partial charge >= 0.3 is 0 Å². The van der Waals surface area contributed by atoms with Crippen LogP contribution in [0.4, 0.5) is 0 Å². The van der Waals surface area contributed by atoms with Crippen LogP contribution in [0.15, 0.2) is 42.9 Å². The molecular formula is C16H19N3O2. The van der Waals surface area contributed by atoms with Gasteiger partial charge in [0.1, 0.15) is 0 Å². The molecule has 0 aliphatic heterocycles. The number of benzene rings is 1. The highest BCUT2D eigenvalue weighted by Crippen LogP contribution is 2.16. The molecule has 0 radical (unpaired) electrons. The minimum atomic E-state index is -0.239. The van der Waals surface area contributed by atoms with Crippen LogP contribution in [0.5, 0.6) is 0 Å². The molecule has 2 rings (SSSR count). The maximum Gasteiger partial charge on any atom is 0.251 e. The average molecular weight is 285 g/mol. The zero-order valence-corrected chi connectivity index (χ0v) is 12.2. The number of hydrogen-bond donors (Lipinski definition) is 2. The molecule has 1 aromatic heterocycles. The lowest BCUT2D eigenvalue weighted by molar-refractivity contribution is 0.0897. The Morgan fingerprint density at radius 1 is 1.24 bits per heavy atom. The summed E-state index contributed by atoms with van der Waals surface area (Å²) in [6.45, 7) is 3.85. The first kappa shape index (κ1) is 15.1. The van der Waals surface area contributed by atoms with Gasteiger partial charge < -0.3 is 10.4 Å². The number of nitrogens with zero attached hydrogens (tertiary/aromatic N) is 2. The van der Waals surface area contributed by atoms with Gasteiger partial charge in [0.05, 0.1) is 24.5 Å². The van der Waals surface area contributed by atoms with Crippen molar-refractivity contribution in [3.63, 3.8) is 0 Å². The molecule has 0 unspecified atom stereocenters. The van der Waals surface area contributed by atoms with Gasteiger partial charge in [-0.2, -0.15) is 0 Å². The highest BCUT2D eigenvalue weighted by molar-refractivity contribution is 5.94. The number of amides is 1. The van der Waals surface area contributed by atoms with Crippen LogP contribution >= 0.6 is 0 Å². The molecule has 0 fully saturated rings. The Hall–Kier alpha value is -2.27. The number of aromatic nitrogens is 2. The van der Waals surface area contributed by atoms with Crippen LogP contribution in [-0.4, -0.2) is 33.6 Å². The average Bonchev–Trinajstić information content (AvgIpc) is 2.53. The normalized spacial score (nSPS) is 12.2. The molecule has 1 aromatic carbocycles. The summed E-state index contributed by atoms with van der Waals surface area (Å²) in [6, 6.07) is 6.92. The van der Waals surface area contributed by atoms with Gasteiger partial charge in [0, 0.05) is 23.5 Å². The summed E-state index contributed by atoms with van der Waals surface area (Å²) >= 11 is 0. The fraction of sp³-hybridized carbons (Fsp3) is 0.312. The highest BCUT2D eigenvalue weighted by atomic mass is 16.3. The number of carbonyl (C=O) groups excluding carboxylic acids is 1. The van der Waals surface area contributed by atoms with Gasteiger partial charge in [0.25, 0.3) is 5.91 Å². The predicted octanol–water partition coefficient (Wildman–Crippen LogP) is 1.89. The maximum atomic E-state index is 12.1. The second-order valence-corrected chi connectivity index (χ2v) is 5.17. The SMILES string of the molecule is CC(C)[C@@H](CO)NC(=O)c1ccc(-c2cnccn2)cc1. The summed E-state index contributed by atoms with van der Waals surface area (Å²) in [7, 11) is 0. The molecule has 5 heteroatoms. The Morgan fingerprint density at radius 3 is 2.48 bits per heavy atom. The van der Waals surface area contributed by atoms with Crippen molar-refractivity contribution in [3.8, 4) is 11.3 Å². The molecule has 1 heterocycles. The van der Waals surface area contributed by atoms with E-state index in [2.05, 4.69) is 15.3 Å². The molecule has 0 saturated carbocycles. The summed E-state index contributed by atoms with van der Waals surface area (Å²) in [5.41, 5.74) is 2.23. The van der Waals surface area contributed by atoms with Crippen LogP contribution < -0.4 is 5.32 Å². The molecule has 0 aliphatic rings. The van der Waals surface area contributed by atoms with Crippen LogP contribution in [0.25, 0.3) is 11.3 Å². The van der Waals surface area contributed by atoms with E-state index in [4.69, 9.17) is 0 Å². The first-order valence-electron chi connectivity index (χ1n) is 6.90. The van der Waals surface area contributed by atoms with Crippen molar-refractivity contribution in [2.24, 2.45) is 5.92 Å². The number of aliphatic hydroxyl groups excluding tert-OH is 1. The van der Waals surface area contributed by atoms with E-state index in [0.29, 0.717) is 5.56 Å². The molecule has 0 saturated heterocycles. The Bertz CT molecular complexity index is 582. The van der Waals surface area contributed by atoms with Gasteiger partial charge in [-0.25, -0.2) is 0 Å². The second kappa shape index (κ2) is 6.95. The molecular weight excluding hydrogens is 266 g/mol. The van der Waals surface area contributed by atoms with E-state index < -0.39 is 0 Å². The van der Waals surface area contributed by atoms with Gasteiger partial charge in [-0.15, -0.1) is 0 Å². The van der Waals surface area contributed by atoms with Crippen molar-refractivity contribution in [3.05, 3.63) is 48.4 Å². The van der Waals surface area contributed by atoms with Crippen LogP contribution in [-0.2, 0) is 0 Å². The van der Waals surface area contributed by atoms with E-state index >= 15 is 0 Å². The molecule has 110 valence electrons. The van der Waals surface area contributed by atoms with Crippen molar-refractivity contribution in [2.45, 2.75) is 19.9 Å². The number of hydrogen-bond acceptors (Lipinski definition) is 4. The summed E-state index contributed by atoms with van der Waals surface area (Å²) < 4.78 is 0. The fourth-order valence-corrected chi connectivity index (χ4v) is 1.92. The van der Waals surface area contributed by atoms with Crippen molar-refractivity contribution in [1.82, 2.24) is 15.3 Å². The van der Waals surface area contributed by atoms with Gasteiger partial charge in [-0.1, -0.05) is 26.0 Å². The first-order chi connectivity index (χ1) is 10.1. The van der Waals surface area contributed by atoms with Crippen molar-refractivity contribution >= 4 is 5.91 Å². The monoisotopic (exact) mass is 285 g/mol. The topological polar surface area (TPSA) is 75.1 Å². The van der Waals surface area contributed by atoms with Gasteiger partial charge in [-0.3, -0.25) is 14.8 Å². The van der Waals surface area contributed by atoms with Crippen LogP contribution in [0.1, 0.15) is 24.2 Å². The Labute approximate surface area is 124 Å². The summed E-state index contributed by atoms with van der Waals surface area (Å²) in [5.74, 6) is -0.00809. The van der Waals surface area contributed by atoms with E-state index in [1.165, 1.54) is 0 Å². The third-order valence-electron chi connectivity index (χ3n) is 3.32. The number of carbonyl (C=O) groups is 1. The molecule has 1 amide bonds. The molecule has 5 nitrogen and oxygen atoms in total. The second-order valence-electron chi connectivity index (χ2n) is 5.17. The van der Waals surface area contributed by atoms with Gasteiger partial charge in [0.2, 0.25) is 0 Å². The molecule has 1 atom stereocenters. The Kier molecular flexibility index (Phi) is 5.00. The van der Waals surface area contributed by atoms with E-state index in [-0.39, 0.29) is 24.5 Å². The predicted molar refractivity (Wildman–Crippen MR) is 80.6 cm³/mol. The Balaban J connectivity index is 2.10. The van der Waals surface area contributed by atoms with Crippen molar-refractivity contribution in [1.29, 1.82) is 0 Å². The zero-order chi connectivity index (χ0) is 15.2. The minimum Gasteiger partial charge on any atom is -0.394 e. The van der Waals surface area contributed by atoms with Gasteiger partial charge in [0.15, 0.2) is 0 Å². The Morgan fingerprint density at radius 2 is 1.95 bits per heavy atom. The standard InChI is InChI=1S/C16H19N3O2/c1-11(2)15(10-20)19-16(21)13-5-3-12(4-6-13)14-9-17-7-8-18-14/h3-9,11,15,20H,10H2,1-2H3,(H,19,21)/t15-/m1/s1. The van der Waals surface area contributed by atoms with E-state index in [1.807, 2.05) is 26.0 Å². The largest absolute Gasteiger partial charge is 0.394 e. The van der Waals surface area contributed by atoms with E-state index in [9.17, 15) is 9.90 Å². The van der Waals surface area contributed by atoms with Crippen LogP contribution in [0, 0.1) is 5.92 Å². The third kappa shape index (κ3) is 3.86. The molecule has 0 aliphatic carbocycles. The van der Waals surface area contributed by atoms with Crippen LogP contribution in [0.2, 0.25) is 0 Å². The first-order valence-corrected chi connectivity index (χ1v) is 6.90. The summed E-state index contributed by atoms with van der Waals surface area (Å²) in [4.78, 5) is 20.3. The van der Waals surface area contributed by atoms with Gasteiger partial charge in [-0.05, 0) is 18.1 Å². The third-order valence-corrected chi connectivity index (χ3v) is 3.32. The molecule has 21 heavy (non-hydrogen) atoms. The summed E-state index contributed by atoms with van der Waals surface area (Å²) in [5, 5.41) is 12.1. The maximum absolute atomic E-state index is 12.1. The van der Waals surface area contributed by atoms with E-state index in [1.54, 1.807) is 30.7 Å². The lowest BCUT2D eigenvalue weighted by Gasteiger charge is -2.19.